The second-order valence-corrected chi connectivity index (χ2v) is 8.73. The fraction of sp³-hybridized carbons (Fsp3) is 0.462. The van der Waals surface area contributed by atoms with Gasteiger partial charge in [0.2, 0.25) is 5.91 Å². The molecule has 1 aliphatic heterocycles. The number of benzene rings is 2. The third kappa shape index (κ3) is 7.30. The van der Waals surface area contributed by atoms with Crippen LogP contribution in [0.15, 0.2) is 48.5 Å². The first kappa shape index (κ1) is 24.7. The van der Waals surface area contributed by atoms with Crippen LogP contribution in [0.3, 0.4) is 0 Å². The van der Waals surface area contributed by atoms with Crippen LogP contribution in [0.4, 0.5) is 11.4 Å². The van der Waals surface area contributed by atoms with E-state index >= 15 is 0 Å². The number of nitrogens with one attached hydrogen (secondary N) is 2. The molecule has 0 radical (unpaired) electrons. The third-order valence-electron chi connectivity index (χ3n) is 5.81. The molecule has 178 valence electrons. The molecule has 1 aliphatic rings. The number of ether oxygens (including phenoxy) is 1. The number of carbonyl (C=O) groups excluding carboxylic acids is 2. The van der Waals surface area contributed by atoms with Gasteiger partial charge in [-0.1, -0.05) is 44.2 Å². The average Bonchev–Trinajstić information content (AvgIpc) is 2.83. The molecular weight excluding hydrogens is 416 g/mol. The van der Waals surface area contributed by atoms with Gasteiger partial charge in [0.05, 0.1) is 5.56 Å². The lowest BCUT2D eigenvalue weighted by atomic mass is 10.1. The van der Waals surface area contributed by atoms with E-state index in [1.165, 1.54) is 5.56 Å². The number of hydrogen-bond donors (Lipinski definition) is 2. The van der Waals surface area contributed by atoms with E-state index in [2.05, 4.69) is 44.7 Å². The minimum atomic E-state index is -0.131. The van der Waals surface area contributed by atoms with Gasteiger partial charge in [-0.05, 0) is 30.2 Å². The highest BCUT2D eigenvalue weighted by Gasteiger charge is 2.22. The Morgan fingerprint density at radius 1 is 1.03 bits per heavy atom. The van der Waals surface area contributed by atoms with Gasteiger partial charge >= 0.3 is 0 Å². The minimum absolute atomic E-state index is 0.0660. The van der Waals surface area contributed by atoms with E-state index in [4.69, 9.17) is 4.74 Å². The highest BCUT2D eigenvalue weighted by atomic mass is 16.5. The van der Waals surface area contributed by atoms with E-state index in [1.54, 1.807) is 13.2 Å². The lowest BCUT2D eigenvalue weighted by Gasteiger charge is -2.37. The summed E-state index contributed by atoms with van der Waals surface area (Å²) in [6.07, 6.45) is 0.750. The maximum Gasteiger partial charge on any atom is 0.253 e. The lowest BCUT2D eigenvalue weighted by molar-refractivity contribution is -0.118. The Labute approximate surface area is 197 Å². The fourth-order valence-electron chi connectivity index (χ4n) is 3.86. The van der Waals surface area contributed by atoms with E-state index in [9.17, 15) is 9.59 Å². The quantitative estimate of drug-likeness (QED) is 0.541. The number of piperazine rings is 1. The number of methoxy groups -OCH3 is 1. The summed E-state index contributed by atoms with van der Waals surface area (Å²) in [5, 5.41) is 5.90. The molecule has 0 spiro atoms. The summed E-state index contributed by atoms with van der Waals surface area (Å²) in [6, 6.07) is 16.1. The smallest absolute Gasteiger partial charge is 0.253 e. The van der Waals surface area contributed by atoms with E-state index in [1.807, 2.05) is 32.0 Å². The standard InChI is InChI=1S/C26H36N4O3/c1-20(2)25(31)28-22-10-11-24(23(18-22)26(32)27-12-7-17-33-3)30-15-13-29(14-16-30)19-21-8-5-4-6-9-21/h4-6,8-11,18,20H,7,12-17,19H2,1-3H3,(H,27,32)(H,28,31). The Bertz CT molecular complexity index is 909. The predicted octanol–water partition coefficient (Wildman–Crippen LogP) is 3.37. The first-order valence-corrected chi connectivity index (χ1v) is 11.7. The van der Waals surface area contributed by atoms with Crippen LogP contribution in [0.2, 0.25) is 0 Å². The van der Waals surface area contributed by atoms with Crippen molar-refractivity contribution in [3.05, 3.63) is 59.7 Å². The molecule has 1 fully saturated rings. The van der Waals surface area contributed by atoms with E-state index in [0.29, 0.717) is 24.4 Å². The van der Waals surface area contributed by atoms with E-state index in [-0.39, 0.29) is 17.7 Å². The molecule has 0 aliphatic carbocycles. The molecule has 0 aromatic heterocycles. The number of amides is 2. The molecule has 2 amide bonds. The van der Waals surface area contributed by atoms with Gasteiger partial charge < -0.3 is 20.3 Å². The molecule has 1 heterocycles. The van der Waals surface area contributed by atoms with Crippen molar-refractivity contribution in [3.63, 3.8) is 0 Å². The lowest BCUT2D eigenvalue weighted by Crippen LogP contribution is -2.46. The van der Waals surface area contributed by atoms with Crippen LogP contribution in [0.1, 0.15) is 36.2 Å². The average molecular weight is 453 g/mol. The number of carbonyl (C=O) groups is 2. The fourth-order valence-corrected chi connectivity index (χ4v) is 3.86. The third-order valence-corrected chi connectivity index (χ3v) is 5.81. The zero-order chi connectivity index (χ0) is 23.6. The van der Waals surface area contributed by atoms with Crippen molar-refractivity contribution < 1.29 is 14.3 Å². The van der Waals surface area contributed by atoms with Gasteiger partial charge in [-0.15, -0.1) is 0 Å². The second-order valence-electron chi connectivity index (χ2n) is 8.73. The Morgan fingerprint density at radius 3 is 2.42 bits per heavy atom. The van der Waals surface area contributed by atoms with E-state index in [0.717, 1.165) is 44.8 Å². The van der Waals surface area contributed by atoms with Crippen LogP contribution in [0, 0.1) is 5.92 Å². The maximum atomic E-state index is 13.0. The van der Waals surface area contributed by atoms with Crippen LogP contribution >= 0.6 is 0 Å². The monoisotopic (exact) mass is 452 g/mol. The predicted molar refractivity (Wildman–Crippen MR) is 133 cm³/mol. The van der Waals surface area contributed by atoms with Crippen molar-refractivity contribution in [1.82, 2.24) is 10.2 Å². The normalized spacial score (nSPS) is 14.4. The van der Waals surface area contributed by atoms with E-state index < -0.39 is 0 Å². The van der Waals surface area contributed by atoms with Gasteiger partial charge in [-0.3, -0.25) is 14.5 Å². The molecule has 33 heavy (non-hydrogen) atoms. The molecule has 1 saturated heterocycles. The number of nitrogens with zero attached hydrogens (tertiary/aromatic N) is 2. The Morgan fingerprint density at radius 2 is 1.76 bits per heavy atom. The zero-order valence-corrected chi connectivity index (χ0v) is 20.0. The molecule has 7 heteroatoms. The summed E-state index contributed by atoms with van der Waals surface area (Å²) in [4.78, 5) is 29.9. The van der Waals surface area contributed by atoms with Crippen LogP contribution in [-0.2, 0) is 16.1 Å². The largest absolute Gasteiger partial charge is 0.385 e. The highest BCUT2D eigenvalue weighted by molar-refractivity contribution is 6.02. The Hall–Kier alpha value is -2.90. The minimum Gasteiger partial charge on any atom is -0.385 e. The Balaban J connectivity index is 1.71. The SMILES string of the molecule is COCCCNC(=O)c1cc(NC(=O)C(C)C)ccc1N1CCN(Cc2ccccc2)CC1. The van der Waals surface area contributed by atoms with Gasteiger partial charge in [0, 0.05) is 70.3 Å². The van der Waals surface area contributed by atoms with Crippen molar-refractivity contribution in [3.8, 4) is 0 Å². The van der Waals surface area contributed by atoms with Gasteiger partial charge in [0.1, 0.15) is 0 Å². The van der Waals surface area contributed by atoms with Crippen molar-refractivity contribution in [2.45, 2.75) is 26.8 Å². The highest BCUT2D eigenvalue weighted by Crippen LogP contribution is 2.26. The summed E-state index contributed by atoms with van der Waals surface area (Å²) < 4.78 is 5.07. The number of rotatable bonds is 10. The molecule has 2 N–H and O–H groups in total. The molecule has 0 bridgehead atoms. The van der Waals surface area contributed by atoms with Crippen molar-refractivity contribution >= 4 is 23.2 Å². The summed E-state index contributed by atoms with van der Waals surface area (Å²) in [6.45, 7) is 9.31. The summed E-state index contributed by atoms with van der Waals surface area (Å²) in [5.41, 5.74) is 3.45. The summed E-state index contributed by atoms with van der Waals surface area (Å²) in [7, 11) is 1.65. The molecule has 0 atom stereocenters. The van der Waals surface area contributed by atoms with Crippen molar-refractivity contribution in [2.75, 3.05) is 56.7 Å². The van der Waals surface area contributed by atoms with Crippen LogP contribution in [0.25, 0.3) is 0 Å². The van der Waals surface area contributed by atoms with Crippen molar-refractivity contribution in [2.24, 2.45) is 5.92 Å². The maximum absolute atomic E-state index is 13.0. The molecule has 0 unspecified atom stereocenters. The van der Waals surface area contributed by atoms with Gasteiger partial charge in [-0.2, -0.15) is 0 Å². The number of anilines is 2. The van der Waals surface area contributed by atoms with Crippen molar-refractivity contribution in [1.29, 1.82) is 0 Å². The zero-order valence-electron chi connectivity index (χ0n) is 20.0. The molecule has 3 rings (SSSR count). The Kier molecular flexibility index (Phi) is 9.27. The topological polar surface area (TPSA) is 73.9 Å². The summed E-state index contributed by atoms with van der Waals surface area (Å²) >= 11 is 0. The molecular formula is C26H36N4O3. The van der Waals surface area contributed by atoms with Gasteiger partial charge in [-0.25, -0.2) is 0 Å². The number of hydrogen-bond acceptors (Lipinski definition) is 5. The van der Waals surface area contributed by atoms with Crippen LogP contribution in [-0.4, -0.2) is 63.2 Å². The van der Waals surface area contributed by atoms with Crippen LogP contribution < -0.4 is 15.5 Å². The molecule has 0 saturated carbocycles. The van der Waals surface area contributed by atoms with Gasteiger partial charge in [0.15, 0.2) is 0 Å². The van der Waals surface area contributed by atoms with Crippen LogP contribution in [0.5, 0.6) is 0 Å². The first-order chi connectivity index (χ1) is 16.0. The molecule has 7 nitrogen and oxygen atoms in total. The first-order valence-electron chi connectivity index (χ1n) is 11.7. The van der Waals surface area contributed by atoms with Gasteiger partial charge in [0.25, 0.3) is 5.91 Å². The second kappa shape index (κ2) is 12.4. The molecule has 2 aromatic rings. The molecule has 2 aromatic carbocycles. The summed E-state index contributed by atoms with van der Waals surface area (Å²) in [5.74, 6) is -0.328.